The summed E-state index contributed by atoms with van der Waals surface area (Å²) in [4.78, 5) is 9.63. The van der Waals surface area contributed by atoms with Crippen molar-refractivity contribution in [1.29, 1.82) is 0 Å². The van der Waals surface area contributed by atoms with Gasteiger partial charge in [0.2, 0.25) is 0 Å². The molecule has 290 valence electrons. The third kappa shape index (κ3) is 5.80. The molecule has 0 bridgehead atoms. The molecule has 7 aromatic carbocycles. The number of benzene rings is 7. The average molecular weight is 941 g/mol. The van der Waals surface area contributed by atoms with E-state index in [1.54, 1.807) is 0 Å². The van der Waals surface area contributed by atoms with Crippen LogP contribution < -0.4 is 9.80 Å². The van der Waals surface area contributed by atoms with E-state index in [1.165, 1.54) is 44.5 Å². The van der Waals surface area contributed by atoms with Crippen molar-refractivity contribution in [2.75, 3.05) is 9.80 Å². The van der Waals surface area contributed by atoms with Crippen molar-refractivity contribution in [3.63, 3.8) is 0 Å². The first-order valence-electron chi connectivity index (χ1n) is 20.1. The third-order valence-corrected chi connectivity index (χ3v) is 12.1. The van der Waals surface area contributed by atoms with Gasteiger partial charge < -0.3 is 14.4 Å². The Morgan fingerprint density at radius 1 is 0.610 bits per heavy atom. The number of aromatic nitrogens is 2. The second-order valence-electron chi connectivity index (χ2n) is 16.5. The number of rotatable bonds is 6. The summed E-state index contributed by atoms with van der Waals surface area (Å²) >= 11 is 0. The third-order valence-electron chi connectivity index (χ3n) is 12.1. The van der Waals surface area contributed by atoms with Gasteiger partial charge in [-0.25, -0.2) is 4.98 Å². The summed E-state index contributed by atoms with van der Waals surface area (Å²) in [6.07, 6.45) is 1.94. The van der Waals surface area contributed by atoms with Gasteiger partial charge in [-0.3, -0.25) is 0 Å². The van der Waals surface area contributed by atoms with Crippen LogP contribution in [0.2, 0.25) is 0 Å². The standard InChI is InChI=1S/C54H41N4.Pt/c1-53(2,3)38-30-31-55-52(34-38)58-48-25-12-9-22-44(48)45-29-28-40(33-51(45)58)54(46-23-10-7-20-42(46)43-21-8-11-24-47(43)54)39-18-15-19-41(32-39)57-36-56(35-37-16-5-4-6-17-37)49-26-13-14-27-50(49)57;/h4-31,34,36H,35H2,1-3H3;/q-3;. The van der Waals surface area contributed by atoms with Gasteiger partial charge in [-0.2, -0.15) is 49.1 Å². The Balaban J connectivity index is 0.00000420. The number of pyridine rings is 1. The average Bonchev–Trinajstić information content (AvgIpc) is 3.90. The predicted molar refractivity (Wildman–Crippen MR) is 238 cm³/mol. The Kier molecular flexibility index (Phi) is 8.96. The maximum atomic E-state index is 5.00. The number of fused-ring (bicyclic) bond motifs is 7. The minimum absolute atomic E-state index is 0. The van der Waals surface area contributed by atoms with Gasteiger partial charge in [-0.05, 0) is 74.5 Å². The molecule has 0 saturated heterocycles. The molecule has 0 amide bonds. The van der Waals surface area contributed by atoms with Gasteiger partial charge in [0, 0.05) is 56.1 Å². The molecule has 0 unspecified atom stereocenters. The Labute approximate surface area is 360 Å². The first-order chi connectivity index (χ1) is 28.4. The van der Waals surface area contributed by atoms with Gasteiger partial charge in [-0.15, -0.1) is 22.2 Å². The maximum Gasteiger partial charge on any atom is 0.135 e. The molecule has 4 nitrogen and oxygen atoms in total. The maximum absolute atomic E-state index is 5.00. The molecule has 0 radical (unpaired) electrons. The molecule has 11 rings (SSSR count). The Hall–Kier alpha value is -6.22. The molecule has 5 heteroatoms. The largest absolute Gasteiger partial charge is 0.498 e. The fraction of sp³-hybridized carbons (Fsp3) is 0.111. The minimum Gasteiger partial charge on any atom is -0.498 e. The van der Waals surface area contributed by atoms with E-state index in [4.69, 9.17) is 4.98 Å². The molecule has 59 heavy (non-hydrogen) atoms. The van der Waals surface area contributed by atoms with Crippen LogP contribution in [0.15, 0.2) is 176 Å². The van der Waals surface area contributed by atoms with Crippen molar-refractivity contribution in [1.82, 2.24) is 9.55 Å². The molecule has 2 aliphatic rings. The Morgan fingerprint density at radius 3 is 2.03 bits per heavy atom. The van der Waals surface area contributed by atoms with Gasteiger partial charge in [0.25, 0.3) is 0 Å². The van der Waals surface area contributed by atoms with Gasteiger partial charge >= 0.3 is 0 Å². The molecule has 1 aliphatic carbocycles. The van der Waals surface area contributed by atoms with E-state index >= 15 is 0 Å². The number of anilines is 3. The number of nitrogens with zero attached hydrogens (tertiary/aromatic N) is 4. The van der Waals surface area contributed by atoms with Crippen LogP contribution in [0, 0.1) is 18.8 Å². The summed E-state index contributed by atoms with van der Waals surface area (Å²) in [5.41, 5.74) is 14.2. The first-order valence-corrected chi connectivity index (χ1v) is 20.1. The van der Waals surface area contributed by atoms with E-state index in [9.17, 15) is 0 Å². The summed E-state index contributed by atoms with van der Waals surface area (Å²) in [5.74, 6) is 0.894. The van der Waals surface area contributed by atoms with Crippen molar-refractivity contribution in [2.45, 2.75) is 38.1 Å². The molecule has 0 spiro atoms. The summed E-state index contributed by atoms with van der Waals surface area (Å²) in [6, 6.07) is 69.6. The second-order valence-corrected chi connectivity index (χ2v) is 16.5. The normalized spacial score (nSPS) is 13.9. The summed E-state index contributed by atoms with van der Waals surface area (Å²) in [7, 11) is 0. The van der Waals surface area contributed by atoms with Gasteiger partial charge in [0.05, 0.1) is 0 Å². The number of hydrogen-bond acceptors (Lipinski definition) is 3. The van der Waals surface area contributed by atoms with Gasteiger partial charge in [-0.1, -0.05) is 135 Å². The molecule has 9 aromatic rings. The van der Waals surface area contributed by atoms with E-state index in [1.807, 2.05) is 6.20 Å². The molecule has 3 heterocycles. The molecule has 1 aliphatic heterocycles. The zero-order valence-corrected chi connectivity index (χ0v) is 35.4. The van der Waals surface area contributed by atoms with E-state index < -0.39 is 5.41 Å². The van der Waals surface area contributed by atoms with Crippen molar-refractivity contribution in [3.8, 4) is 16.9 Å². The smallest absolute Gasteiger partial charge is 0.135 e. The fourth-order valence-electron chi connectivity index (χ4n) is 9.41. The molecule has 2 aromatic heterocycles. The zero-order chi connectivity index (χ0) is 39.0. The van der Waals surface area contributed by atoms with E-state index in [0.717, 1.165) is 51.3 Å². The van der Waals surface area contributed by atoms with Crippen LogP contribution in [0.5, 0.6) is 0 Å². The topological polar surface area (TPSA) is 24.3 Å². The summed E-state index contributed by atoms with van der Waals surface area (Å²) in [5, 5.41) is 2.33. The van der Waals surface area contributed by atoms with Crippen LogP contribution >= 0.6 is 0 Å². The first kappa shape index (κ1) is 37.1. The van der Waals surface area contributed by atoms with Crippen LogP contribution in [-0.4, -0.2) is 9.55 Å². The van der Waals surface area contributed by atoms with Crippen LogP contribution in [0.3, 0.4) is 0 Å². The molecule has 0 fully saturated rings. The van der Waals surface area contributed by atoms with Crippen molar-refractivity contribution >= 4 is 38.9 Å². The summed E-state index contributed by atoms with van der Waals surface area (Å²) < 4.78 is 2.31. The predicted octanol–water partition coefficient (Wildman–Crippen LogP) is 12.7. The molecule has 0 atom stereocenters. The second kappa shape index (κ2) is 14.3. The van der Waals surface area contributed by atoms with Crippen molar-refractivity contribution in [3.05, 3.63) is 228 Å². The molecule has 0 N–H and O–H groups in total. The van der Waals surface area contributed by atoms with Gasteiger partial charge in [0.1, 0.15) is 5.82 Å². The van der Waals surface area contributed by atoms with Crippen molar-refractivity contribution in [2.24, 2.45) is 0 Å². The molecule has 0 saturated carbocycles. The van der Waals surface area contributed by atoms with E-state index in [-0.39, 0.29) is 26.5 Å². The van der Waals surface area contributed by atoms with Gasteiger partial charge in [0.15, 0.2) is 0 Å². The Bertz CT molecular complexity index is 2980. The van der Waals surface area contributed by atoms with Crippen LogP contribution in [-0.2, 0) is 38.4 Å². The molecular weight excluding hydrogens is 900 g/mol. The van der Waals surface area contributed by atoms with Crippen molar-refractivity contribution < 1.29 is 21.1 Å². The Morgan fingerprint density at radius 2 is 1.27 bits per heavy atom. The number of para-hydroxylation sites is 3. The monoisotopic (exact) mass is 940 g/mol. The molecular formula is C54H41N4Pt-3. The SMILES string of the molecule is CC(C)(C)c1ccnc(-n2c3[c-]c(C4(c5[c-]c(N6[CH-]N(Cc7ccccc7)c7ccccc76)ccc5)c5ccccc5-c5ccccc54)ccc3c3ccccc32)c1.[Pt]. The van der Waals surface area contributed by atoms with Crippen LogP contribution in [0.25, 0.3) is 38.8 Å². The van der Waals surface area contributed by atoms with E-state index in [2.05, 4.69) is 224 Å². The number of hydrogen-bond donors (Lipinski definition) is 0. The van der Waals surface area contributed by atoms with Crippen LogP contribution in [0.4, 0.5) is 17.1 Å². The van der Waals surface area contributed by atoms with E-state index in [0.29, 0.717) is 0 Å². The van der Waals surface area contributed by atoms with Crippen LogP contribution in [0.1, 0.15) is 54.2 Å². The minimum atomic E-state index is -0.706. The quantitative estimate of drug-likeness (QED) is 0.155. The summed E-state index contributed by atoms with van der Waals surface area (Å²) in [6.45, 7) is 9.77. The fourth-order valence-corrected chi connectivity index (χ4v) is 9.41. The zero-order valence-electron chi connectivity index (χ0n) is 33.1.